The Morgan fingerprint density at radius 2 is 2.05 bits per heavy atom. The van der Waals surface area contributed by atoms with Gasteiger partial charge in [-0.05, 0) is 38.8 Å². The van der Waals surface area contributed by atoms with E-state index in [0.29, 0.717) is 6.42 Å². The van der Waals surface area contributed by atoms with Crippen LogP contribution in [0.25, 0.3) is 0 Å². The van der Waals surface area contributed by atoms with Gasteiger partial charge >= 0.3 is 0 Å². The van der Waals surface area contributed by atoms with Gasteiger partial charge in [0, 0.05) is 31.4 Å². The third kappa shape index (κ3) is 2.82. The van der Waals surface area contributed by atoms with Gasteiger partial charge in [-0.3, -0.25) is 4.79 Å². The van der Waals surface area contributed by atoms with E-state index in [9.17, 15) is 4.79 Å². The second-order valence-corrected chi connectivity index (χ2v) is 6.58. The van der Waals surface area contributed by atoms with Crippen molar-refractivity contribution in [2.75, 3.05) is 38.1 Å². The number of aryl methyl sites for hydroxylation is 1. The first-order valence-corrected chi connectivity index (χ1v) is 8.02. The Bertz CT molecular complexity index is 465. The molecule has 0 amide bonds. The lowest BCUT2D eigenvalue weighted by molar-refractivity contribution is 0.0968. The number of ketones is 1. The molecule has 0 saturated carbocycles. The number of likely N-dealkylation sites (N-methyl/N-ethyl adjacent to an activating group) is 1. The molecule has 2 heterocycles. The summed E-state index contributed by atoms with van der Waals surface area (Å²) in [6.45, 7) is 4.58. The molecule has 104 valence electrons. The van der Waals surface area contributed by atoms with E-state index in [2.05, 4.69) is 21.8 Å². The molecule has 19 heavy (non-hydrogen) atoms. The fourth-order valence-electron chi connectivity index (χ4n) is 2.81. The van der Waals surface area contributed by atoms with Crippen LogP contribution < -0.4 is 4.90 Å². The largest absolute Gasteiger partial charge is 0.350 e. The van der Waals surface area contributed by atoms with Gasteiger partial charge in [0.15, 0.2) is 10.9 Å². The monoisotopic (exact) mass is 279 g/mol. The van der Waals surface area contributed by atoms with E-state index < -0.39 is 0 Å². The van der Waals surface area contributed by atoms with Crippen LogP contribution in [0.15, 0.2) is 0 Å². The van der Waals surface area contributed by atoms with Gasteiger partial charge in [0.05, 0.1) is 0 Å². The van der Waals surface area contributed by atoms with Crippen LogP contribution in [0.5, 0.6) is 0 Å². The number of aromatic nitrogens is 1. The maximum Gasteiger partial charge on any atom is 0.186 e. The average Bonchev–Trinajstić information content (AvgIpc) is 3.05. The smallest absolute Gasteiger partial charge is 0.186 e. The van der Waals surface area contributed by atoms with E-state index in [0.717, 1.165) is 36.8 Å². The molecule has 0 atom stereocenters. The van der Waals surface area contributed by atoms with Crippen LogP contribution in [0.1, 0.15) is 41.0 Å². The molecule has 1 fully saturated rings. The van der Waals surface area contributed by atoms with Crippen molar-refractivity contribution in [3.8, 4) is 0 Å². The summed E-state index contributed by atoms with van der Waals surface area (Å²) in [5.41, 5.74) is 0.749. The van der Waals surface area contributed by atoms with Gasteiger partial charge in [-0.25, -0.2) is 4.98 Å². The second-order valence-electron chi connectivity index (χ2n) is 5.52. The molecule has 0 bridgehead atoms. The minimum atomic E-state index is 0.233. The summed E-state index contributed by atoms with van der Waals surface area (Å²) >= 11 is 1.71. The number of hydrogen-bond acceptors (Lipinski definition) is 5. The van der Waals surface area contributed by atoms with Crippen molar-refractivity contribution >= 4 is 22.3 Å². The second kappa shape index (κ2) is 5.59. The number of likely N-dealkylation sites (tertiary alicyclic amines) is 1. The highest BCUT2D eigenvalue weighted by molar-refractivity contribution is 7.16. The van der Waals surface area contributed by atoms with Crippen LogP contribution in [-0.2, 0) is 6.42 Å². The number of carbonyl (C=O) groups excluding carboxylic acids is 1. The Balaban J connectivity index is 1.63. The van der Waals surface area contributed by atoms with Crippen molar-refractivity contribution in [3.63, 3.8) is 0 Å². The summed E-state index contributed by atoms with van der Waals surface area (Å²) in [7, 11) is 2.09. The average molecular weight is 279 g/mol. The summed E-state index contributed by atoms with van der Waals surface area (Å²) in [5.74, 6) is 0.233. The number of fused-ring (bicyclic) bond motifs is 1. The Labute approximate surface area is 118 Å². The SMILES string of the molecule is CN(CCN1CCCC1)c1nc2c(s1)CCCC2=O. The van der Waals surface area contributed by atoms with Crippen molar-refractivity contribution in [2.45, 2.75) is 32.1 Å². The molecule has 0 aromatic carbocycles. The fraction of sp³-hybridized carbons (Fsp3) is 0.714. The molecule has 4 nitrogen and oxygen atoms in total. The van der Waals surface area contributed by atoms with Gasteiger partial charge in [0.25, 0.3) is 0 Å². The Morgan fingerprint density at radius 3 is 2.79 bits per heavy atom. The van der Waals surface area contributed by atoms with Gasteiger partial charge in [0.1, 0.15) is 5.69 Å². The van der Waals surface area contributed by atoms with Crippen LogP contribution in [0.3, 0.4) is 0 Å². The van der Waals surface area contributed by atoms with Crippen LogP contribution >= 0.6 is 11.3 Å². The van der Waals surface area contributed by atoms with E-state index in [4.69, 9.17) is 0 Å². The van der Waals surface area contributed by atoms with Gasteiger partial charge in [-0.1, -0.05) is 0 Å². The maximum atomic E-state index is 11.8. The molecule has 0 unspecified atom stereocenters. The van der Waals surface area contributed by atoms with Gasteiger partial charge in [0.2, 0.25) is 0 Å². The lowest BCUT2D eigenvalue weighted by atomic mass is 10.0. The number of nitrogens with zero attached hydrogens (tertiary/aromatic N) is 3. The molecule has 0 N–H and O–H groups in total. The van der Waals surface area contributed by atoms with Crippen molar-refractivity contribution in [1.29, 1.82) is 0 Å². The first-order chi connectivity index (χ1) is 9.24. The number of thiazole rings is 1. The summed E-state index contributed by atoms with van der Waals surface area (Å²) in [5, 5.41) is 1.01. The van der Waals surface area contributed by atoms with Gasteiger partial charge < -0.3 is 9.80 Å². The number of carbonyl (C=O) groups is 1. The molecule has 5 heteroatoms. The predicted molar refractivity (Wildman–Crippen MR) is 78.3 cm³/mol. The molecule has 1 aliphatic carbocycles. The van der Waals surface area contributed by atoms with Crippen LogP contribution in [0.4, 0.5) is 5.13 Å². The summed E-state index contributed by atoms with van der Waals surface area (Å²) < 4.78 is 0. The number of rotatable bonds is 4. The highest BCUT2D eigenvalue weighted by Gasteiger charge is 2.23. The standard InChI is InChI=1S/C14H21N3OS/c1-16(9-10-17-7-2-3-8-17)14-15-13-11(18)5-4-6-12(13)19-14/h2-10H2,1H3. The molecular weight excluding hydrogens is 258 g/mol. The van der Waals surface area contributed by atoms with Crippen LogP contribution in [0.2, 0.25) is 0 Å². The molecule has 0 radical (unpaired) electrons. The Hall–Kier alpha value is -0.940. The van der Waals surface area contributed by atoms with Crippen molar-refractivity contribution in [3.05, 3.63) is 10.6 Å². The lowest BCUT2D eigenvalue weighted by Crippen LogP contribution is -2.31. The van der Waals surface area contributed by atoms with Crippen LogP contribution in [-0.4, -0.2) is 48.9 Å². The molecule has 1 aliphatic heterocycles. The van der Waals surface area contributed by atoms with E-state index in [1.165, 1.54) is 30.8 Å². The highest BCUT2D eigenvalue weighted by Crippen LogP contribution is 2.31. The molecule has 2 aliphatic rings. The van der Waals surface area contributed by atoms with Gasteiger partial charge in [-0.15, -0.1) is 11.3 Å². The number of hydrogen-bond donors (Lipinski definition) is 0. The number of Topliss-reactive ketones (excluding diaryl/α,β-unsaturated/α-hetero) is 1. The molecule has 1 saturated heterocycles. The summed E-state index contributed by atoms with van der Waals surface area (Å²) in [6, 6.07) is 0. The van der Waals surface area contributed by atoms with Crippen molar-refractivity contribution < 1.29 is 4.79 Å². The minimum absolute atomic E-state index is 0.233. The van der Waals surface area contributed by atoms with Crippen molar-refractivity contribution in [1.82, 2.24) is 9.88 Å². The third-order valence-electron chi connectivity index (χ3n) is 4.03. The maximum absolute atomic E-state index is 11.8. The normalized spacial score (nSPS) is 19.7. The number of anilines is 1. The van der Waals surface area contributed by atoms with E-state index >= 15 is 0 Å². The molecule has 3 rings (SSSR count). The summed E-state index contributed by atoms with van der Waals surface area (Å²) in [4.78, 5) is 22.3. The first kappa shape index (κ1) is 13.1. The zero-order valence-corrected chi connectivity index (χ0v) is 12.3. The third-order valence-corrected chi connectivity index (χ3v) is 5.26. The zero-order valence-electron chi connectivity index (χ0n) is 11.5. The quantitative estimate of drug-likeness (QED) is 0.846. The first-order valence-electron chi connectivity index (χ1n) is 7.20. The fourth-order valence-corrected chi connectivity index (χ4v) is 3.92. The highest BCUT2D eigenvalue weighted by atomic mass is 32.1. The Kier molecular flexibility index (Phi) is 3.84. The van der Waals surface area contributed by atoms with E-state index in [1.807, 2.05) is 0 Å². The molecule has 1 aromatic heterocycles. The lowest BCUT2D eigenvalue weighted by Gasteiger charge is -2.20. The predicted octanol–water partition coefficient (Wildman–Crippen LogP) is 2.19. The van der Waals surface area contributed by atoms with Crippen molar-refractivity contribution in [2.24, 2.45) is 0 Å². The van der Waals surface area contributed by atoms with E-state index in [-0.39, 0.29) is 5.78 Å². The Morgan fingerprint density at radius 1 is 1.26 bits per heavy atom. The summed E-state index contributed by atoms with van der Waals surface area (Å²) in [6.07, 6.45) is 5.37. The minimum Gasteiger partial charge on any atom is -0.350 e. The van der Waals surface area contributed by atoms with E-state index in [1.54, 1.807) is 11.3 Å². The molecule has 1 aromatic rings. The van der Waals surface area contributed by atoms with Crippen LogP contribution in [0, 0.1) is 0 Å². The zero-order chi connectivity index (χ0) is 13.2. The molecule has 0 spiro atoms. The molecular formula is C14H21N3OS. The van der Waals surface area contributed by atoms with Gasteiger partial charge in [-0.2, -0.15) is 0 Å². The topological polar surface area (TPSA) is 36.4 Å².